The van der Waals surface area contributed by atoms with Gasteiger partial charge in [-0.2, -0.15) is 0 Å². The summed E-state index contributed by atoms with van der Waals surface area (Å²) in [6.07, 6.45) is 0.144. The molecule has 0 aliphatic heterocycles. The minimum atomic E-state index is -0.523. The lowest BCUT2D eigenvalue weighted by Crippen LogP contribution is -2.27. The molecule has 1 heterocycles. The molecule has 0 atom stereocenters. The fourth-order valence-electron chi connectivity index (χ4n) is 2.24. The predicted octanol–water partition coefficient (Wildman–Crippen LogP) is 1.65. The first-order valence-electron chi connectivity index (χ1n) is 6.85. The molecular weight excluding hydrogens is 270 g/mol. The van der Waals surface area contributed by atoms with E-state index in [4.69, 9.17) is 10.5 Å². The number of ether oxygens (including phenoxy) is 1. The molecule has 1 aromatic carbocycles. The zero-order valence-corrected chi connectivity index (χ0v) is 12.8. The molecule has 114 valence electrons. The predicted molar refractivity (Wildman–Crippen MR) is 82.1 cm³/mol. The number of nitrogen functional groups attached to an aromatic ring is 1. The van der Waals surface area contributed by atoms with Crippen LogP contribution in [0.25, 0.3) is 11.0 Å². The second kappa shape index (κ2) is 5.27. The van der Waals surface area contributed by atoms with Crippen molar-refractivity contribution in [3.63, 3.8) is 0 Å². The normalized spacial score (nSPS) is 11.8. The molecule has 0 spiro atoms. The van der Waals surface area contributed by atoms with Crippen molar-refractivity contribution >= 4 is 22.7 Å². The average molecular weight is 291 g/mol. The molecule has 21 heavy (non-hydrogen) atoms. The molecule has 0 aliphatic rings. The topological polar surface area (TPSA) is 79.2 Å². The van der Waals surface area contributed by atoms with E-state index in [0.717, 1.165) is 11.0 Å². The lowest BCUT2D eigenvalue weighted by molar-refractivity contribution is -0.155. The number of carbonyl (C=O) groups excluding carboxylic acids is 1. The fourth-order valence-corrected chi connectivity index (χ4v) is 2.24. The maximum absolute atomic E-state index is 12.2. The van der Waals surface area contributed by atoms with E-state index < -0.39 is 5.60 Å². The third kappa shape index (κ3) is 3.26. The summed E-state index contributed by atoms with van der Waals surface area (Å²) in [6, 6.07) is 5.29. The summed E-state index contributed by atoms with van der Waals surface area (Å²) in [5, 5.41) is 0. The number of fused-ring (bicyclic) bond motifs is 1. The zero-order chi connectivity index (χ0) is 15.8. The molecule has 0 unspecified atom stereocenters. The van der Waals surface area contributed by atoms with Crippen LogP contribution in [0.3, 0.4) is 0 Å². The number of imidazole rings is 1. The zero-order valence-electron chi connectivity index (χ0n) is 12.8. The third-order valence-corrected chi connectivity index (χ3v) is 3.13. The number of aromatic nitrogens is 2. The Labute approximate surface area is 123 Å². The van der Waals surface area contributed by atoms with E-state index in [1.807, 2.05) is 20.8 Å². The number of nitrogens with zero attached hydrogens (tertiary/aromatic N) is 2. The average Bonchev–Trinajstić information content (AvgIpc) is 2.57. The van der Waals surface area contributed by atoms with Gasteiger partial charge >= 0.3 is 11.7 Å². The smallest absolute Gasteiger partial charge is 0.328 e. The Balaban J connectivity index is 2.27. The number of hydrogen-bond donors (Lipinski definition) is 1. The molecule has 0 amide bonds. The van der Waals surface area contributed by atoms with E-state index in [1.54, 1.807) is 34.4 Å². The van der Waals surface area contributed by atoms with Crippen LogP contribution in [0.5, 0.6) is 0 Å². The van der Waals surface area contributed by atoms with E-state index in [0.29, 0.717) is 5.69 Å². The Morgan fingerprint density at radius 3 is 2.57 bits per heavy atom. The van der Waals surface area contributed by atoms with Crippen molar-refractivity contribution in [2.45, 2.75) is 39.3 Å². The molecule has 1 aromatic heterocycles. The molecule has 2 N–H and O–H groups in total. The number of esters is 1. The van der Waals surface area contributed by atoms with E-state index in [2.05, 4.69) is 0 Å². The number of nitrogens with two attached hydrogens (primary N) is 1. The molecule has 0 bridgehead atoms. The number of carbonyl (C=O) groups is 1. The Bertz CT molecular complexity index is 735. The summed E-state index contributed by atoms with van der Waals surface area (Å²) in [5.74, 6) is -0.324. The summed E-state index contributed by atoms with van der Waals surface area (Å²) >= 11 is 0. The molecule has 0 saturated heterocycles. The van der Waals surface area contributed by atoms with Crippen molar-refractivity contribution in [3.8, 4) is 0 Å². The molecule has 0 saturated carbocycles. The van der Waals surface area contributed by atoms with E-state index in [-0.39, 0.29) is 24.6 Å². The van der Waals surface area contributed by atoms with Crippen LogP contribution in [0, 0.1) is 0 Å². The molecule has 2 rings (SSSR count). The lowest BCUT2D eigenvalue weighted by Gasteiger charge is -2.19. The van der Waals surface area contributed by atoms with Gasteiger partial charge in [-0.15, -0.1) is 0 Å². The summed E-state index contributed by atoms with van der Waals surface area (Å²) in [5.41, 5.74) is 7.19. The maximum Gasteiger partial charge on any atom is 0.328 e. The molecule has 0 fully saturated rings. The van der Waals surface area contributed by atoms with E-state index in [1.165, 1.54) is 0 Å². The minimum Gasteiger partial charge on any atom is -0.460 e. The van der Waals surface area contributed by atoms with Gasteiger partial charge in [-0.1, -0.05) is 0 Å². The molecule has 6 nitrogen and oxygen atoms in total. The van der Waals surface area contributed by atoms with Crippen LogP contribution >= 0.6 is 0 Å². The first kappa shape index (κ1) is 15.2. The number of benzene rings is 1. The second-order valence-corrected chi connectivity index (χ2v) is 6.08. The van der Waals surface area contributed by atoms with Crippen LogP contribution in [-0.2, 0) is 23.1 Å². The van der Waals surface area contributed by atoms with Crippen molar-refractivity contribution in [2.24, 2.45) is 7.05 Å². The summed E-state index contributed by atoms with van der Waals surface area (Å²) in [6.45, 7) is 5.72. The number of rotatable bonds is 3. The first-order valence-corrected chi connectivity index (χ1v) is 6.85. The lowest BCUT2D eigenvalue weighted by atomic mass is 10.2. The summed E-state index contributed by atoms with van der Waals surface area (Å²) < 4.78 is 8.35. The van der Waals surface area contributed by atoms with Crippen molar-refractivity contribution in [3.05, 3.63) is 28.7 Å². The van der Waals surface area contributed by atoms with E-state index in [9.17, 15) is 9.59 Å². The maximum atomic E-state index is 12.2. The minimum absolute atomic E-state index is 0.144. The van der Waals surface area contributed by atoms with Crippen molar-refractivity contribution in [2.75, 3.05) is 5.73 Å². The van der Waals surface area contributed by atoms with Crippen LogP contribution in [0.1, 0.15) is 27.2 Å². The van der Waals surface area contributed by atoms with Gasteiger partial charge in [0.1, 0.15) is 5.60 Å². The van der Waals surface area contributed by atoms with Gasteiger partial charge in [-0.05, 0) is 39.0 Å². The van der Waals surface area contributed by atoms with Gasteiger partial charge in [0.25, 0.3) is 0 Å². The van der Waals surface area contributed by atoms with Crippen LogP contribution < -0.4 is 11.4 Å². The quantitative estimate of drug-likeness (QED) is 0.689. The van der Waals surface area contributed by atoms with Crippen LogP contribution in [0.15, 0.2) is 23.0 Å². The van der Waals surface area contributed by atoms with Gasteiger partial charge in [0, 0.05) is 19.3 Å². The van der Waals surface area contributed by atoms with Gasteiger partial charge in [0.2, 0.25) is 0 Å². The van der Waals surface area contributed by atoms with E-state index >= 15 is 0 Å². The Kier molecular flexibility index (Phi) is 3.80. The van der Waals surface area contributed by atoms with Gasteiger partial charge < -0.3 is 10.5 Å². The second-order valence-electron chi connectivity index (χ2n) is 6.08. The Morgan fingerprint density at radius 1 is 1.29 bits per heavy atom. The van der Waals surface area contributed by atoms with Gasteiger partial charge in [0.15, 0.2) is 0 Å². The number of hydrogen-bond acceptors (Lipinski definition) is 4. The molecule has 0 aliphatic carbocycles. The van der Waals surface area contributed by atoms with Crippen molar-refractivity contribution in [1.82, 2.24) is 9.13 Å². The highest BCUT2D eigenvalue weighted by Gasteiger charge is 2.17. The van der Waals surface area contributed by atoms with Crippen LogP contribution in [0.4, 0.5) is 5.69 Å². The van der Waals surface area contributed by atoms with Crippen LogP contribution in [0.2, 0.25) is 0 Å². The van der Waals surface area contributed by atoms with Gasteiger partial charge in [0.05, 0.1) is 17.5 Å². The van der Waals surface area contributed by atoms with Crippen molar-refractivity contribution < 1.29 is 9.53 Å². The third-order valence-electron chi connectivity index (χ3n) is 3.13. The summed E-state index contributed by atoms with van der Waals surface area (Å²) in [7, 11) is 1.70. The fraction of sp³-hybridized carbons (Fsp3) is 0.467. The highest BCUT2D eigenvalue weighted by molar-refractivity contribution is 5.80. The molecule has 2 aromatic rings. The largest absolute Gasteiger partial charge is 0.460 e. The monoisotopic (exact) mass is 291 g/mol. The molecular formula is C15H21N3O3. The number of aryl methyl sites for hydroxylation is 2. The Morgan fingerprint density at radius 2 is 1.95 bits per heavy atom. The standard InChI is InChI=1S/C15H21N3O3/c1-15(2,3)21-13(19)7-8-18-12-9-10(16)5-6-11(12)17(4)14(18)20/h5-6,9H,7-8,16H2,1-4H3. The molecule has 6 heteroatoms. The Hall–Kier alpha value is -2.24. The van der Waals surface area contributed by atoms with Crippen molar-refractivity contribution in [1.29, 1.82) is 0 Å². The first-order chi connectivity index (χ1) is 9.69. The number of anilines is 1. The summed E-state index contributed by atoms with van der Waals surface area (Å²) in [4.78, 5) is 24.0. The van der Waals surface area contributed by atoms with Gasteiger partial charge in [-0.25, -0.2) is 4.79 Å². The highest BCUT2D eigenvalue weighted by Crippen LogP contribution is 2.17. The SMILES string of the molecule is Cn1c(=O)n(CCC(=O)OC(C)(C)C)c2cc(N)ccc21. The highest BCUT2D eigenvalue weighted by atomic mass is 16.6. The molecule has 0 radical (unpaired) electrons. The van der Waals surface area contributed by atoms with Crippen LogP contribution in [-0.4, -0.2) is 20.7 Å². The van der Waals surface area contributed by atoms with Gasteiger partial charge in [-0.3, -0.25) is 13.9 Å².